The second-order valence-electron chi connectivity index (χ2n) is 4.44. The molecule has 6 heteroatoms. The number of thioether (sulfide) groups is 1. The number of nitrogens with zero attached hydrogens (tertiary/aromatic N) is 2. The molecule has 1 saturated heterocycles. The summed E-state index contributed by atoms with van der Waals surface area (Å²) in [5.74, 6) is 1.14. The molecule has 0 bridgehead atoms. The highest BCUT2D eigenvalue weighted by Crippen LogP contribution is 2.37. The maximum Gasteiger partial charge on any atom is 0.109 e. The fourth-order valence-electron chi connectivity index (χ4n) is 2.21. The molecular weight excluding hydrogens is 316 g/mol. The number of rotatable bonds is 5. The number of halogens is 1. The average Bonchev–Trinajstić information content (AvgIpc) is 2.77. The highest BCUT2D eigenvalue weighted by Gasteiger charge is 2.28. The van der Waals surface area contributed by atoms with Crippen LogP contribution in [0.25, 0.3) is 0 Å². The van der Waals surface area contributed by atoms with Crippen LogP contribution >= 0.6 is 27.7 Å². The first kappa shape index (κ1) is 14.4. The molecule has 0 amide bonds. The van der Waals surface area contributed by atoms with Crippen LogP contribution in [0.15, 0.2) is 10.7 Å². The maximum absolute atomic E-state index is 10.5. The van der Waals surface area contributed by atoms with Crippen LogP contribution in [0.4, 0.5) is 0 Å². The first-order valence-corrected chi connectivity index (χ1v) is 8.08. The topological polar surface area (TPSA) is 47.3 Å². The second kappa shape index (κ2) is 6.93. The van der Waals surface area contributed by atoms with Gasteiger partial charge in [0.05, 0.1) is 29.5 Å². The first-order chi connectivity index (χ1) is 8.74. The van der Waals surface area contributed by atoms with Crippen LogP contribution in [0.2, 0.25) is 0 Å². The largest absolute Gasteiger partial charge is 0.386 e. The first-order valence-electron chi connectivity index (χ1n) is 6.24. The Hall–Kier alpha value is -0.0400. The third-order valence-electron chi connectivity index (χ3n) is 3.19. The summed E-state index contributed by atoms with van der Waals surface area (Å²) in [6.45, 7) is 1.28. The van der Waals surface area contributed by atoms with Crippen LogP contribution in [0, 0.1) is 0 Å². The predicted molar refractivity (Wildman–Crippen MR) is 76.9 cm³/mol. The number of hydrogen-bond donors (Lipinski definition) is 1. The van der Waals surface area contributed by atoms with E-state index in [-0.39, 0.29) is 5.25 Å². The zero-order valence-electron chi connectivity index (χ0n) is 10.5. The van der Waals surface area contributed by atoms with E-state index in [1.165, 1.54) is 12.8 Å². The highest BCUT2D eigenvalue weighted by molar-refractivity contribution is 9.10. The third-order valence-corrected chi connectivity index (χ3v) is 5.24. The van der Waals surface area contributed by atoms with Crippen LogP contribution < -0.4 is 0 Å². The molecule has 1 aliphatic heterocycles. The van der Waals surface area contributed by atoms with E-state index in [9.17, 15) is 5.11 Å². The summed E-state index contributed by atoms with van der Waals surface area (Å²) in [6.07, 6.45) is 4.84. The molecule has 1 aliphatic rings. The lowest BCUT2D eigenvalue weighted by Gasteiger charge is -2.26. The highest BCUT2D eigenvalue weighted by atomic mass is 79.9. The maximum atomic E-state index is 10.5. The lowest BCUT2D eigenvalue weighted by Crippen LogP contribution is -2.23. The number of hydrogen-bond acceptors (Lipinski definition) is 4. The van der Waals surface area contributed by atoms with Crippen LogP contribution in [0.3, 0.4) is 0 Å². The van der Waals surface area contributed by atoms with Crippen molar-refractivity contribution in [2.24, 2.45) is 0 Å². The van der Waals surface area contributed by atoms with Crippen molar-refractivity contribution < 1.29 is 9.84 Å². The van der Waals surface area contributed by atoms with Gasteiger partial charge in [-0.3, -0.25) is 4.68 Å². The molecule has 0 aromatic carbocycles. The van der Waals surface area contributed by atoms with Crippen LogP contribution in [-0.4, -0.2) is 39.6 Å². The second-order valence-corrected chi connectivity index (χ2v) is 6.64. The van der Waals surface area contributed by atoms with E-state index in [1.54, 1.807) is 13.3 Å². The van der Waals surface area contributed by atoms with Crippen molar-refractivity contribution in [1.29, 1.82) is 0 Å². The predicted octanol–water partition coefficient (Wildman–Crippen LogP) is 2.61. The van der Waals surface area contributed by atoms with Gasteiger partial charge in [0.2, 0.25) is 0 Å². The van der Waals surface area contributed by atoms with Gasteiger partial charge in [-0.05, 0) is 34.5 Å². The lowest BCUT2D eigenvalue weighted by molar-refractivity contribution is 0.146. The van der Waals surface area contributed by atoms with Gasteiger partial charge in [0.15, 0.2) is 0 Å². The summed E-state index contributed by atoms with van der Waals surface area (Å²) in [5.41, 5.74) is 0.881. The minimum atomic E-state index is -0.455. The van der Waals surface area contributed by atoms with Gasteiger partial charge in [0.25, 0.3) is 0 Å². The Morgan fingerprint density at radius 1 is 1.67 bits per heavy atom. The summed E-state index contributed by atoms with van der Waals surface area (Å²) < 4.78 is 7.80. The molecular formula is C12H19BrN2O2S. The van der Waals surface area contributed by atoms with Crippen LogP contribution in [-0.2, 0) is 11.3 Å². The number of methoxy groups -OCH3 is 1. The molecule has 4 nitrogen and oxygen atoms in total. The van der Waals surface area contributed by atoms with E-state index < -0.39 is 6.10 Å². The quantitative estimate of drug-likeness (QED) is 0.899. The van der Waals surface area contributed by atoms with Crippen molar-refractivity contribution >= 4 is 27.7 Å². The number of ether oxygens (including phenoxy) is 1. The average molecular weight is 335 g/mol. The zero-order valence-corrected chi connectivity index (χ0v) is 12.9. The van der Waals surface area contributed by atoms with Gasteiger partial charge in [0.1, 0.15) is 6.10 Å². The summed E-state index contributed by atoms with van der Waals surface area (Å²) in [6, 6.07) is 0. The molecule has 1 N–H and O–H groups in total. The number of aromatic nitrogens is 2. The summed E-state index contributed by atoms with van der Waals surface area (Å²) in [5, 5.41) is 15.1. The van der Waals surface area contributed by atoms with Crippen molar-refractivity contribution in [1.82, 2.24) is 9.78 Å². The van der Waals surface area contributed by atoms with E-state index in [1.807, 2.05) is 16.4 Å². The smallest absolute Gasteiger partial charge is 0.109 e. The standard InChI is InChI=1S/C12H19BrN2O2S/c1-17-6-5-15-11(9(13)8-14-15)12(16)10-4-2-3-7-18-10/h8,10,12,16H,2-7H2,1H3. The van der Waals surface area contributed by atoms with Gasteiger partial charge in [-0.25, -0.2) is 0 Å². The molecule has 102 valence electrons. The molecule has 18 heavy (non-hydrogen) atoms. The Labute approximate surface area is 120 Å². The van der Waals surface area contributed by atoms with E-state index in [4.69, 9.17) is 4.74 Å². The molecule has 2 heterocycles. The summed E-state index contributed by atoms with van der Waals surface area (Å²) in [7, 11) is 1.67. The number of aliphatic hydroxyl groups excluding tert-OH is 1. The third kappa shape index (κ3) is 3.29. The molecule has 0 spiro atoms. The molecule has 1 aromatic heterocycles. The van der Waals surface area contributed by atoms with Crippen molar-refractivity contribution in [2.75, 3.05) is 19.5 Å². The molecule has 0 radical (unpaired) electrons. The van der Waals surface area contributed by atoms with E-state index in [2.05, 4.69) is 21.0 Å². The fraction of sp³-hybridized carbons (Fsp3) is 0.750. The fourth-order valence-corrected chi connectivity index (χ4v) is 4.06. The van der Waals surface area contributed by atoms with E-state index >= 15 is 0 Å². The van der Waals surface area contributed by atoms with Gasteiger partial charge in [0, 0.05) is 12.4 Å². The molecule has 1 aromatic rings. The molecule has 0 saturated carbocycles. The minimum Gasteiger partial charge on any atom is -0.386 e. The molecule has 2 unspecified atom stereocenters. The Balaban J connectivity index is 2.12. The lowest BCUT2D eigenvalue weighted by atomic mass is 10.1. The Bertz CT molecular complexity index is 380. The van der Waals surface area contributed by atoms with Crippen molar-refractivity contribution in [3.8, 4) is 0 Å². The SMILES string of the molecule is COCCn1ncc(Br)c1C(O)C1CCCCS1. The minimum absolute atomic E-state index is 0.285. The van der Waals surface area contributed by atoms with E-state index in [0.29, 0.717) is 13.2 Å². The van der Waals surface area contributed by atoms with Crippen molar-refractivity contribution in [3.05, 3.63) is 16.4 Å². The van der Waals surface area contributed by atoms with Gasteiger partial charge >= 0.3 is 0 Å². The number of aliphatic hydroxyl groups is 1. The zero-order chi connectivity index (χ0) is 13.0. The van der Waals surface area contributed by atoms with Crippen LogP contribution in [0.1, 0.15) is 31.1 Å². The van der Waals surface area contributed by atoms with Gasteiger partial charge < -0.3 is 9.84 Å². The summed E-state index contributed by atoms with van der Waals surface area (Å²) in [4.78, 5) is 0. The Morgan fingerprint density at radius 2 is 2.50 bits per heavy atom. The molecule has 2 rings (SSSR count). The van der Waals surface area contributed by atoms with Crippen molar-refractivity contribution in [3.63, 3.8) is 0 Å². The summed E-state index contributed by atoms with van der Waals surface area (Å²) >= 11 is 5.35. The Kier molecular flexibility index (Phi) is 5.54. The molecule has 2 atom stereocenters. The van der Waals surface area contributed by atoms with Crippen LogP contribution in [0.5, 0.6) is 0 Å². The van der Waals surface area contributed by atoms with Gasteiger partial charge in [-0.2, -0.15) is 16.9 Å². The van der Waals surface area contributed by atoms with Gasteiger partial charge in [-0.1, -0.05) is 6.42 Å². The normalized spacial score (nSPS) is 22.1. The molecule has 0 aliphatic carbocycles. The van der Waals surface area contributed by atoms with Crippen molar-refractivity contribution in [2.45, 2.75) is 37.2 Å². The van der Waals surface area contributed by atoms with E-state index in [0.717, 1.165) is 22.3 Å². The van der Waals surface area contributed by atoms with Gasteiger partial charge in [-0.15, -0.1) is 0 Å². The monoisotopic (exact) mass is 334 g/mol. The Morgan fingerprint density at radius 3 is 3.17 bits per heavy atom. The molecule has 1 fully saturated rings.